The smallest absolute Gasteiger partial charge is 0.278 e. The van der Waals surface area contributed by atoms with Crippen LogP contribution < -0.4 is 20.1 Å². The van der Waals surface area contributed by atoms with Gasteiger partial charge in [-0.2, -0.15) is 0 Å². The number of hydrogen-bond acceptors (Lipinski definition) is 6. The van der Waals surface area contributed by atoms with Crippen molar-refractivity contribution in [3.05, 3.63) is 29.6 Å². The predicted octanol–water partition coefficient (Wildman–Crippen LogP) is 2.59. The zero-order chi connectivity index (χ0) is 18.5. The molecule has 1 aliphatic rings. The van der Waals surface area contributed by atoms with Gasteiger partial charge in [0.15, 0.2) is 17.2 Å². The van der Waals surface area contributed by atoms with E-state index in [1.165, 1.54) is 0 Å². The summed E-state index contributed by atoms with van der Waals surface area (Å²) in [7, 11) is 1.58. The van der Waals surface area contributed by atoms with E-state index in [0.29, 0.717) is 29.5 Å². The molecule has 3 rings (SSSR count). The second-order valence-corrected chi connectivity index (χ2v) is 6.20. The van der Waals surface area contributed by atoms with Gasteiger partial charge in [0, 0.05) is 11.8 Å². The maximum atomic E-state index is 12.6. The predicted molar refractivity (Wildman–Crippen MR) is 105 cm³/mol. The maximum absolute atomic E-state index is 12.6. The zero-order valence-electron chi connectivity index (χ0n) is 15.8. The van der Waals surface area contributed by atoms with E-state index in [4.69, 9.17) is 9.47 Å². The van der Waals surface area contributed by atoms with E-state index in [1.807, 2.05) is 18.5 Å². The summed E-state index contributed by atoms with van der Waals surface area (Å²) < 4.78 is 12.7. The number of ether oxygens (including phenoxy) is 2. The van der Waals surface area contributed by atoms with E-state index in [-0.39, 0.29) is 24.4 Å². The zero-order valence-corrected chi connectivity index (χ0v) is 16.6. The number of piperidine rings is 1. The molecule has 9 heteroatoms. The quantitative estimate of drug-likeness (QED) is 0.781. The Morgan fingerprint density at radius 1 is 1.33 bits per heavy atom. The molecule has 1 amide bonds. The van der Waals surface area contributed by atoms with Crippen LogP contribution in [0.15, 0.2) is 18.2 Å². The van der Waals surface area contributed by atoms with Crippen LogP contribution in [-0.4, -0.2) is 47.7 Å². The first-order valence-electron chi connectivity index (χ1n) is 8.88. The highest BCUT2D eigenvalue weighted by atomic mass is 35.5. The third-order valence-corrected chi connectivity index (χ3v) is 4.52. The second-order valence-electron chi connectivity index (χ2n) is 6.20. The Balaban J connectivity index is 0.00000261. The van der Waals surface area contributed by atoms with Crippen molar-refractivity contribution in [2.45, 2.75) is 32.7 Å². The van der Waals surface area contributed by atoms with Crippen LogP contribution in [0.3, 0.4) is 0 Å². The number of benzene rings is 1. The van der Waals surface area contributed by atoms with Gasteiger partial charge in [-0.25, -0.2) is 4.68 Å². The number of carbonyl (C=O) groups is 1. The van der Waals surface area contributed by atoms with E-state index in [1.54, 1.807) is 25.3 Å². The van der Waals surface area contributed by atoms with Crippen molar-refractivity contribution in [2.24, 2.45) is 0 Å². The minimum Gasteiger partial charge on any atom is -0.493 e. The molecule has 2 N–H and O–H groups in total. The number of nitrogens with one attached hydrogen (secondary N) is 2. The highest BCUT2D eigenvalue weighted by Crippen LogP contribution is 2.30. The highest BCUT2D eigenvalue weighted by molar-refractivity contribution is 6.03. The van der Waals surface area contributed by atoms with Crippen molar-refractivity contribution in [1.82, 2.24) is 20.3 Å². The Morgan fingerprint density at radius 2 is 2.07 bits per heavy atom. The van der Waals surface area contributed by atoms with Gasteiger partial charge in [-0.05, 0) is 51.9 Å². The second kappa shape index (κ2) is 9.57. The average molecular weight is 396 g/mol. The third-order valence-electron chi connectivity index (χ3n) is 4.52. The number of methoxy groups -OCH3 is 1. The van der Waals surface area contributed by atoms with Crippen molar-refractivity contribution in [3.8, 4) is 11.5 Å². The van der Waals surface area contributed by atoms with Gasteiger partial charge in [-0.15, -0.1) is 17.5 Å². The van der Waals surface area contributed by atoms with Crippen LogP contribution in [0.4, 0.5) is 5.69 Å². The Hall–Kier alpha value is -2.32. The van der Waals surface area contributed by atoms with Crippen LogP contribution in [-0.2, 0) is 0 Å². The lowest BCUT2D eigenvalue weighted by molar-refractivity contribution is 0.102. The number of aromatic nitrogens is 3. The maximum Gasteiger partial charge on any atom is 0.278 e. The molecule has 27 heavy (non-hydrogen) atoms. The molecule has 2 aromatic rings. The van der Waals surface area contributed by atoms with Crippen LogP contribution in [0.5, 0.6) is 11.5 Å². The highest BCUT2D eigenvalue weighted by Gasteiger charge is 2.23. The molecule has 2 heterocycles. The van der Waals surface area contributed by atoms with Gasteiger partial charge in [0.2, 0.25) is 0 Å². The lowest BCUT2D eigenvalue weighted by Crippen LogP contribution is -2.30. The average Bonchev–Trinajstić information content (AvgIpc) is 3.04. The van der Waals surface area contributed by atoms with Gasteiger partial charge in [0.25, 0.3) is 5.91 Å². The molecule has 0 aliphatic carbocycles. The van der Waals surface area contributed by atoms with Crippen molar-refractivity contribution in [3.63, 3.8) is 0 Å². The number of carbonyl (C=O) groups excluding carboxylic acids is 1. The largest absolute Gasteiger partial charge is 0.493 e. The Labute approximate surface area is 165 Å². The van der Waals surface area contributed by atoms with Crippen LogP contribution in [0, 0.1) is 6.92 Å². The van der Waals surface area contributed by atoms with Crippen molar-refractivity contribution < 1.29 is 14.3 Å². The monoisotopic (exact) mass is 395 g/mol. The standard InChI is InChI=1S/C18H25N5O3.ClH/c1-4-26-16-11-13(5-6-15(16)25-3)20-18(24)17-12(2)23(22-21-17)14-7-9-19-10-8-14;/h5-6,11,14,19H,4,7-10H2,1-3H3,(H,20,24);1H. The molecule has 1 fully saturated rings. The summed E-state index contributed by atoms with van der Waals surface area (Å²) in [6.45, 7) is 6.20. The number of amides is 1. The molecule has 0 atom stereocenters. The minimum atomic E-state index is -0.282. The van der Waals surface area contributed by atoms with E-state index in [2.05, 4.69) is 20.9 Å². The molecular formula is C18H26ClN5O3. The molecular weight excluding hydrogens is 370 g/mol. The van der Waals surface area contributed by atoms with Gasteiger partial charge >= 0.3 is 0 Å². The molecule has 0 spiro atoms. The molecule has 8 nitrogen and oxygen atoms in total. The first-order valence-corrected chi connectivity index (χ1v) is 8.88. The summed E-state index contributed by atoms with van der Waals surface area (Å²) in [6.07, 6.45) is 1.98. The van der Waals surface area contributed by atoms with Gasteiger partial charge in [0.05, 0.1) is 25.5 Å². The van der Waals surface area contributed by atoms with E-state index >= 15 is 0 Å². The van der Waals surface area contributed by atoms with E-state index in [9.17, 15) is 4.79 Å². The van der Waals surface area contributed by atoms with Crippen LogP contribution in [0.2, 0.25) is 0 Å². The van der Waals surface area contributed by atoms with Crippen molar-refractivity contribution in [1.29, 1.82) is 0 Å². The van der Waals surface area contributed by atoms with Crippen LogP contribution in [0.1, 0.15) is 42.0 Å². The van der Waals surface area contributed by atoms with Crippen molar-refractivity contribution >= 4 is 24.0 Å². The Bertz CT molecular complexity index is 774. The van der Waals surface area contributed by atoms with Gasteiger partial charge in [-0.1, -0.05) is 5.21 Å². The third kappa shape index (κ3) is 4.70. The lowest BCUT2D eigenvalue weighted by atomic mass is 10.1. The first kappa shape index (κ1) is 21.0. The fraction of sp³-hybridized carbons (Fsp3) is 0.500. The van der Waals surface area contributed by atoms with Gasteiger partial charge in [0.1, 0.15) is 0 Å². The van der Waals surface area contributed by atoms with Gasteiger partial charge in [-0.3, -0.25) is 4.79 Å². The number of nitrogens with zero attached hydrogens (tertiary/aromatic N) is 3. The van der Waals surface area contributed by atoms with E-state index < -0.39 is 0 Å². The van der Waals surface area contributed by atoms with Crippen LogP contribution >= 0.6 is 12.4 Å². The molecule has 0 saturated carbocycles. The summed E-state index contributed by atoms with van der Waals surface area (Å²) in [5.74, 6) is 0.927. The molecule has 1 aliphatic heterocycles. The first-order chi connectivity index (χ1) is 12.6. The number of rotatable bonds is 6. The molecule has 1 aromatic carbocycles. The summed E-state index contributed by atoms with van der Waals surface area (Å²) in [5, 5.41) is 14.5. The van der Waals surface area contributed by atoms with E-state index in [0.717, 1.165) is 31.6 Å². The number of halogens is 1. The summed E-state index contributed by atoms with van der Waals surface area (Å²) in [6, 6.07) is 5.56. The molecule has 1 saturated heterocycles. The summed E-state index contributed by atoms with van der Waals surface area (Å²) in [5.41, 5.74) is 1.75. The van der Waals surface area contributed by atoms with Gasteiger partial charge < -0.3 is 20.1 Å². The molecule has 148 valence electrons. The molecule has 1 aromatic heterocycles. The fourth-order valence-electron chi connectivity index (χ4n) is 3.16. The number of hydrogen-bond donors (Lipinski definition) is 2. The summed E-state index contributed by atoms with van der Waals surface area (Å²) in [4.78, 5) is 12.6. The SMILES string of the molecule is CCOc1cc(NC(=O)c2nnn(C3CCNCC3)c2C)ccc1OC.Cl. The fourth-order valence-corrected chi connectivity index (χ4v) is 3.16. The summed E-state index contributed by atoms with van der Waals surface area (Å²) >= 11 is 0. The lowest BCUT2D eigenvalue weighted by Gasteiger charge is -2.23. The molecule has 0 radical (unpaired) electrons. The Morgan fingerprint density at radius 3 is 2.74 bits per heavy atom. The molecule has 0 unspecified atom stereocenters. The Kier molecular flexibility index (Phi) is 7.44. The minimum absolute atomic E-state index is 0. The van der Waals surface area contributed by atoms with Crippen molar-refractivity contribution in [2.75, 3.05) is 32.1 Å². The normalized spacial score (nSPS) is 14.3. The van der Waals surface area contributed by atoms with Crippen LogP contribution in [0.25, 0.3) is 0 Å². The molecule has 0 bridgehead atoms. The number of anilines is 1. The topological polar surface area (TPSA) is 90.3 Å².